The van der Waals surface area contributed by atoms with E-state index in [1.807, 2.05) is 19.9 Å². The number of hydrogen-bond donors (Lipinski definition) is 1. The summed E-state index contributed by atoms with van der Waals surface area (Å²) in [5, 5.41) is 2.63. The molecular weight excluding hydrogens is 126 g/mol. The molecule has 0 aromatic heterocycles. The quantitative estimate of drug-likeness (QED) is 0.591. The Morgan fingerprint density at radius 2 is 2.30 bits per heavy atom. The van der Waals surface area contributed by atoms with Crippen LogP contribution in [0.5, 0.6) is 0 Å². The molecule has 0 aliphatic rings. The zero-order chi connectivity index (χ0) is 7.98. The molecule has 0 saturated heterocycles. The summed E-state index contributed by atoms with van der Waals surface area (Å²) in [7, 11) is 0. The summed E-state index contributed by atoms with van der Waals surface area (Å²) in [6.07, 6.45) is 4.14. The van der Waals surface area contributed by atoms with Gasteiger partial charge in [0.15, 0.2) is 0 Å². The van der Waals surface area contributed by atoms with Crippen LogP contribution in [0.1, 0.15) is 20.3 Å². The Hall–Kier alpha value is -1.05. The van der Waals surface area contributed by atoms with Crippen molar-refractivity contribution in [2.45, 2.75) is 20.3 Å². The Balaban J connectivity index is 3.78. The fourth-order valence-electron chi connectivity index (χ4n) is 0.603. The van der Waals surface area contributed by atoms with Gasteiger partial charge in [-0.15, -0.1) is 0 Å². The Bertz CT molecular complexity index is 159. The summed E-state index contributed by atoms with van der Waals surface area (Å²) in [5.41, 5.74) is 0.882. The van der Waals surface area contributed by atoms with Crippen molar-refractivity contribution in [3.8, 4) is 0 Å². The Morgan fingerprint density at radius 3 is 2.70 bits per heavy atom. The van der Waals surface area contributed by atoms with Crippen molar-refractivity contribution in [1.29, 1.82) is 0 Å². The van der Waals surface area contributed by atoms with Crippen molar-refractivity contribution < 1.29 is 4.79 Å². The number of rotatable bonds is 3. The van der Waals surface area contributed by atoms with E-state index in [2.05, 4.69) is 11.9 Å². The molecule has 0 atom stereocenters. The molecule has 2 nitrogen and oxygen atoms in total. The van der Waals surface area contributed by atoms with Crippen LogP contribution in [0.2, 0.25) is 0 Å². The molecule has 0 aromatic rings. The third-order valence-corrected chi connectivity index (χ3v) is 1.02. The standard InChI is InChI=1S/C8H13NO/c1-4-6-7(3)9-8(10)5-2/h5-6H,2,4H2,1,3H3,(H,9,10)/b7-6+. The number of carbonyl (C=O) groups is 1. The lowest BCUT2D eigenvalue weighted by molar-refractivity contribution is -0.115. The highest BCUT2D eigenvalue weighted by molar-refractivity contribution is 5.88. The molecule has 0 heterocycles. The van der Waals surface area contributed by atoms with Gasteiger partial charge < -0.3 is 5.32 Å². The maximum Gasteiger partial charge on any atom is 0.247 e. The second-order valence-electron chi connectivity index (χ2n) is 1.99. The molecule has 2 heteroatoms. The smallest absolute Gasteiger partial charge is 0.247 e. The number of amides is 1. The zero-order valence-electron chi connectivity index (χ0n) is 6.48. The minimum atomic E-state index is -0.151. The number of nitrogens with one attached hydrogen (secondary N) is 1. The number of allylic oxidation sites excluding steroid dienone is 2. The lowest BCUT2D eigenvalue weighted by Crippen LogP contribution is -2.17. The largest absolute Gasteiger partial charge is 0.327 e. The highest BCUT2D eigenvalue weighted by atomic mass is 16.1. The molecule has 0 unspecified atom stereocenters. The fraction of sp³-hybridized carbons (Fsp3) is 0.375. The molecule has 0 spiro atoms. The van der Waals surface area contributed by atoms with Crippen LogP contribution < -0.4 is 5.32 Å². The van der Waals surface area contributed by atoms with Crippen molar-refractivity contribution in [2.75, 3.05) is 0 Å². The SMILES string of the molecule is C=CC(=O)N/C(C)=C/CC. The van der Waals surface area contributed by atoms with Crippen LogP contribution in [0.25, 0.3) is 0 Å². The van der Waals surface area contributed by atoms with Crippen molar-refractivity contribution in [3.63, 3.8) is 0 Å². The van der Waals surface area contributed by atoms with E-state index in [0.29, 0.717) is 0 Å². The van der Waals surface area contributed by atoms with E-state index in [1.54, 1.807) is 0 Å². The summed E-state index contributed by atoms with van der Waals surface area (Å²) >= 11 is 0. The maximum absolute atomic E-state index is 10.6. The second kappa shape index (κ2) is 4.79. The number of hydrogen-bond acceptors (Lipinski definition) is 1. The van der Waals surface area contributed by atoms with Crippen LogP contribution >= 0.6 is 0 Å². The summed E-state index contributed by atoms with van der Waals surface area (Å²) in [6, 6.07) is 0. The van der Waals surface area contributed by atoms with Crippen LogP contribution in [0.3, 0.4) is 0 Å². The van der Waals surface area contributed by atoms with E-state index in [4.69, 9.17) is 0 Å². The molecule has 0 aliphatic heterocycles. The van der Waals surface area contributed by atoms with Gasteiger partial charge in [-0.3, -0.25) is 4.79 Å². The van der Waals surface area contributed by atoms with Crippen LogP contribution in [-0.4, -0.2) is 5.91 Å². The minimum Gasteiger partial charge on any atom is -0.327 e. The lowest BCUT2D eigenvalue weighted by Gasteiger charge is -1.99. The van der Waals surface area contributed by atoms with Gasteiger partial charge in [0.05, 0.1) is 0 Å². The molecule has 1 amide bonds. The van der Waals surface area contributed by atoms with Crippen LogP contribution in [0.4, 0.5) is 0 Å². The zero-order valence-corrected chi connectivity index (χ0v) is 6.48. The van der Waals surface area contributed by atoms with Crippen molar-refractivity contribution in [2.24, 2.45) is 0 Å². The van der Waals surface area contributed by atoms with E-state index in [1.165, 1.54) is 6.08 Å². The molecule has 0 radical (unpaired) electrons. The first-order valence-electron chi connectivity index (χ1n) is 3.31. The van der Waals surface area contributed by atoms with Gasteiger partial charge in [0.25, 0.3) is 0 Å². The fourth-order valence-corrected chi connectivity index (χ4v) is 0.603. The first kappa shape index (κ1) is 8.95. The molecular formula is C8H13NO. The third-order valence-electron chi connectivity index (χ3n) is 1.02. The monoisotopic (exact) mass is 139 g/mol. The molecule has 0 fully saturated rings. The third kappa shape index (κ3) is 3.89. The van der Waals surface area contributed by atoms with E-state index in [-0.39, 0.29) is 5.91 Å². The number of carbonyl (C=O) groups excluding carboxylic acids is 1. The van der Waals surface area contributed by atoms with Gasteiger partial charge in [0.1, 0.15) is 0 Å². The van der Waals surface area contributed by atoms with Gasteiger partial charge in [0, 0.05) is 5.70 Å². The average molecular weight is 139 g/mol. The molecule has 10 heavy (non-hydrogen) atoms. The molecule has 1 N–H and O–H groups in total. The first-order valence-corrected chi connectivity index (χ1v) is 3.31. The van der Waals surface area contributed by atoms with Crippen molar-refractivity contribution >= 4 is 5.91 Å². The van der Waals surface area contributed by atoms with Gasteiger partial charge in [-0.1, -0.05) is 19.6 Å². The minimum absolute atomic E-state index is 0.151. The Morgan fingerprint density at radius 1 is 1.70 bits per heavy atom. The molecule has 0 aromatic carbocycles. The van der Waals surface area contributed by atoms with Crippen LogP contribution in [0.15, 0.2) is 24.4 Å². The first-order chi connectivity index (χ1) is 4.70. The molecule has 0 bridgehead atoms. The topological polar surface area (TPSA) is 29.1 Å². The Labute approximate surface area is 61.6 Å². The van der Waals surface area contributed by atoms with Crippen molar-refractivity contribution in [3.05, 3.63) is 24.4 Å². The Kier molecular flexibility index (Phi) is 4.29. The van der Waals surface area contributed by atoms with E-state index in [0.717, 1.165) is 12.1 Å². The van der Waals surface area contributed by atoms with Gasteiger partial charge in [0.2, 0.25) is 5.91 Å². The average Bonchev–Trinajstić information content (AvgIpc) is 1.88. The van der Waals surface area contributed by atoms with Crippen LogP contribution in [0, 0.1) is 0 Å². The summed E-state index contributed by atoms with van der Waals surface area (Å²) in [6.45, 7) is 7.20. The normalized spacial score (nSPS) is 10.8. The predicted octanol–water partition coefficient (Wildman–Crippen LogP) is 1.60. The molecule has 0 rings (SSSR count). The summed E-state index contributed by atoms with van der Waals surface area (Å²) in [4.78, 5) is 10.6. The predicted molar refractivity (Wildman–Crippen MR) is 42.4 cm³/mol. The van der Waals surface area contributed by atoms with E-state index >= 15 is 0 Å². The summed E-state index contributed by atoms with van der Waals surface area (Å²) < 4.78 is 0. The van der Waals surface area contributed by atoms with Gasteiger partial charge in [-0.2, -0.15) is 0 Å². The maximum atomic E-state index is 10.6. The van der Waals surface area contributed by atoms with Crippen molar-refractivity contribution in [1.82, 2.24) is 5.32 Å². The van der Waals surface area contributed by atoms with E-state index < -0.39 is 0 Å². The van der Waals surface area contributed by atoms with Gasteiger partial charge in [-0.25, -0.2) is 0 Å². The second-order valence-corrected chi connectivity index (χ2v) is 1.99. The molecule has 0 saturated carbocycles. The summed E-state index contributed by atoms with van der Waals surface area (Å²) in [5.74, 6) is -0.151. The van der Waals surface area contributed by atoms with Gasteiger partial charge in [-0.05, 0) is 19.4 Å². The highest BCUT2D eigenvalue weighted by Crippen LogP contribution is 1.88. The van der Waals surface area contributed by atoms with Crippen LogP contribution in [-0.2, 0) is 4.79 Å². The van der Waals surface area contributed by atoms with Gasteiger partial charge >= 0.3 is 0 Å². The molecule has 56 valence electrons. The molecule has 0 aliphatic carbocycles. The van der Waals surface area contributed by atoms with E-state index in [9.17, 15) is 4.79 Å². The lowest BCUT2D eigenvalue weighted by atomic mass is 10.3. The highest BCUT2D eigenvalue weighted by Gasteiger charge is 1.91.